The van der Waals surface area contributed by atoms with E-state index in [2.05, 4.69) is 31.3 Å². The van der Waals surface area contributed by atoms with Crippen molar-refractivity contribution < 1.29 is 50.0 Å². The molecule has 0 aromatic carbocycles. The molecule has 0 radical (unpaired) electrons. The highest BCUT2D eigenvalue weighted by molar-refractivity contribution is 5.80. The minimum absolute atomic E-state index is 0.258. The molecule has 8 N–H and O–H groups in total. The van der Waals surface area contributed by atoms with Crippen LogP contribution in [-0.4, -0.2) is 110 Å². The maximum atomic E-state index is 13.1. The zero-order valence-electron chi connectivity index (χ0n) is 35.6. The van der Waals surface area contributed by atoms with Crippen LogP contribution in [0, 0.1) is 0 Å². The molecule has 56 heavy (non-hydrogen) atoms. The molecular formula is C45H87NO10. The molecule has 1 aliphatic heterocycles. The molecule has 1 amide bonds. The average molecular weight is 802 g/mol. The van der Waals surface area contributed by atoms with Crippen LogP contribution in [0.1, 0.15) is 200 Å². The van der Waals surface area contributed by atoms with Crippen molar-refractivity contribution in [3.63, 3.8) is 0 Å². The van der Waals surface area contributed by atoms with E-state index in [0.29, 0.717) is 12.8 Å². The van der Waals surface area contributed by atoms with E-state index in [0.717, 1.165) is 38.5 Å². The molecule has 11 heteroatoms. The van der Waals surface area contributed by atoms with Crippen LogP contribution in [0.3, 0.4) is 0 Å². The van der Waals surface area contributed by atoms with Gasteiger partial charge in [-0.3, -0.25) is 4.79 Å². The van der Waals surface area contributed by atoms with Gasteiger partial charge in [0.2, 0.25) is 5.91 Å². The van der Waals surface area contributed by atoms with E-state index < -0.39 is 74.2 Å². The Balaban J connectivity index is 2.47. The number of rotatable bonds is 38. The molecule has 0 aromatic heterocycles. The summed E-state index contributed by atoms with van der Waals surface area (Å²) in [6.45, 7) is 3.42. The third-order valence-electron chi connectivity index (χ3n) is 11.3. The SMILES string of the molecule is CCCCCCCCCC/C=C/CCCC(O)C(O)C(COC1OC(CO)C(O)C(O)C1O)NC(=O)C(O)CCCCCCCCCCCCCCCCCC. The molecule has 0 bridgehead atoms. The number of aliphatic hydroxyl groups excluding tert-OH is 7. The Kier molecular flexibility index (Phi) is 33.8. The van der Waals surface area contributed by atoms with Gasteiger partial charge in [-0.05, 0) is 38.5 Å². The molecule has 0 spiro atoms. The highest BCUT2D eigenvalue weighted by Gasteiger charge is 2.44. The van der Waals surface area contributed by atoms with Crippen molar-refractivity contribution in [1.29, 1.82) is 0 Å². The molecule has 332 valence electrons. The number of hydrogen-bond donors (Lipinski definition) is 8. The highest BCUT2D eigenvalue weighted by Crippen LogP contribution is 2.23. The number of unbranched alkanes of at least 4 members (excludes halogenated alkanes) is 24. The van der Waals surface area contributed by atoms with Crippen molar-refractivity contribution in [1.82, 2.24) is 5.32 Å². The summed E-state index contributed by atoms with van der Waals surface area (Å²) in [4.78, 5) is 13.1. The molecule has 9 atom stereocenters. The number of carbonyl (C=O) groups is 1. The van der Waals surface area contributed by atoms with Gasteiger partial charge >= 0.3 is 0 Å². The molecule has 1 aliphatic rings. The molecule has 11 nitrogen and oxygen atoms in total. The highest BCUT2D eigenvalue weighted by atomic mass is 16.7. The first-order chi connectivity index (χ1) is 27.2. The zero-order chi connectivity index (χ0) is 41.2. The van der Waals surface area contributed by atoms with Crippen molar-refractivity contribution in [2.24, 2.45) is 0 Å². The van der Waals surface area contributed by atoms with Crippen LogP contribution in [0.15, 0.2) is 12.2 Å². The average Bonchev–Trinajstić information content (AvgIpc) is 3.20. The molecule has 0 saturated carbocycles. The number of ether oxygens (including phenoxy) is 2. The second kappa shape index (κ2) is 35.8. The summed E-state index contributed by atoms with van der Waals surface area (Å²) in [5.41, 5.74) is 0. The number of hydrogen-bond acceptors (Lipinski definition) is 10. The van der Waals surface area contributed by atoms with E-state index in [1.165, 1.54) is 122 Å². The van der Waals surface area contributed by atoms with Gasteiger partial charge in [-0.25, -0.2) is 0 Å². The van der Waals surface area contributed by atoms with Crippen LogP contribution < -0.4 is 5.32 Å². The van der Waals surface area contributed by atoms with E-state index in [1.807, 2.05) is 0 Å². The van der Waals surface area contributed by atoms with Crippen LogP contribution in [-0.2, 0) is 14.3 Å². The lowest BCUT2D eigenvalue weighted by atomic mass is 9.98. The first-order valence-corrected chi connectivity index (χ1v) is 23.1. The van der Waals surface area contributed by atoms with Gasteiger partial charge in [-0.1, -0.05) is 174 Å². The van der Waals surface area contributed by atoms with E-state index >= 15 is 0 Å². The van der Waals surface area contributed by atoms with Crippen molar-refractivity contribution >= 4 is 5.91 Å². The lowest BCUT2D eigenvalue weighted by molar-refractivity contribution is -0.303. The lowest BCUT2D eigenvalue weighted by Crippen LogP contribution is -2.60. The van der Waals surface area contributed by atoms with Crippen LogP contribution in [0.2, 0.25) is 0 Å². The molecule has 0 aliphatic carbocycles. The standard InChI is InChI=1S/C45H87NO10/c1-3-5-7-9-11-13-15-17-18-19-21-23-25-27-29-31-33-38(49)44(54)46-36(35-55-45-43(53)42(52)41(51)39(34-47)56-45)40(50)37(48)32-30-28-26-24-22-20-16-14-12-10-8-6-4-2/h24,26,36-43,45,47-53H,3-23,25,27-35H2,1-2H3,(H,46,54)/b26-24+. The maximum Gasteiger partial charge on any atom is 0.249 e. The lowest BCUT2D eigenvalue weighted by Gasteiger charge is -2.40. The number of allylic oxidation sites excluding steroid dienone is 2. The van der Waals surface area contributed by atoms with Crippen molar-refractivity contribution in [2.75, 3.05) is 13.2 Å². The molecular weight excluding hydrogens is 714 g/mol. The van der Waals surface area contributed by atoms with Gasteiger partial charge in [-0.2, -0.15) is 0 Å². The largest absolute Gasteiger partial charge is 0.394 e. The smallest absolute Gasteiger partial charge is 0.249 e. The molecule has 1 rings (SSSR count). The fourth-order valence-electron chi connectivity index (χ4n) is 7.44. The van der Waals surface area contributed by atoms with Crippen LogP contribution >= 0.6 is 0 Å². The zero-order valence-corrected chi connectivity index (χ0v) is 35.6. The van der Waals surface area contributed by atoms with Gasteiger partial charge < -0.3 is 50.5 Å². The van der Waals surface area contributed by atoms with Crippen LogP contribution in [0.25, 0.3) is 0 Å². The van der Waals surface area contributed by atoms with E-state index in [1.54, 1.807) is 0 Å². The van der Waals surface area contributed by atoms with Gasteiger partial charge in [0.1, 0.15) is 36.6 Å². The predicted octanol–water partition coefficient (Wildman–Crippen LogP) is 7.28. The summed E-state index contributed by atoms with van der Waals surface area (Å²) in [6, 6.07) is -1.18. The second-order valence-corrected chi connectivity index (χ2v) is 16.5. The summed E-state index contributed by atoms with van der Waals surface area (Å²) < 4.78 is 11.1. The monoisotopic (exact) mass is 802 g/mol. The molecule has 9 unspecified atom stereocenters. The third-order valence-corrected chi connectivity index (χ3v) is 11.3. The van der Waals surface area contributed by atoms with E-state index in [4.69, 9.17) is 9.47 Å². The Morgan fingerprint density at radius 1 is 0.607 bits per heavy atom. The maximum absolute atomic E-state index is 13.1. The van der Waals surface area contributed by atoms with Crippen molar-refractivity contribution in [3.8, 4) is 0 Å². The Hall–Kier alpha value is -1.15. The molecule has 1 saturated heterocycles. The quantitative estimate of drug-likeness (QED) is 0.0233. The van der Waals surface area contributed by atoms with E-state index in [-0.39, 0.29) is 12.8 Å². The van der Waals surface area contributed by atoms with E-state index in [9.17, 15) is 40.5 Å². The fraction of sp³-hybridized carbons (Fsp3) is 0.933. The Labute approximate surface area is 341 Å². The molecule has 0 aromatic rings. The second-order valence-electron chi connectivity index (χ2n) is 16.5. The number of carbonyl (C=O) groups excluding carboxylic acids is 1. The first-order valence-electron chi connectivity index (χ1n) is 23.1. The summed E-state index contributed by atoms with van der Waals surface area (Å²) in [7, 11) is 0. The summed E-state index contributed by atoms with van der Waals surface area (Å²) in [5.74, 6) is -0.705. The minimum Gasteiger partial charge on any atom is -0.394 e. The van der Waals surface area contributed by atoms with Crippen LogP contribution in [0.5, 0.6) is 0 Å². The van der Waals surface area contributed by atoms with Gasteiger partial charge in [0.15, 0.2) is 6.29 Å². The van der Waals surface area contributed by atoms with Crippen LogP contribution in [0.4, 0.5) is 0 Å². The van der Waals surface area contributed by atoms with Crippen molar-refractivity contribution in [2.45, 2.75) is 255 Å². The minimum atomic E-state index is -1.66. The van der Waals surface area contributed by atoms with Gasteiger partial charge in [-0.15, -0.1) is 0 Å². The molecule has 1 heterocycles. The summed E-state index contributed by atoms with van der Waals surface area (Å²) in [6.07, 6.45) is 25.5. The summed E-state index contributed by atoms with van der Waals surface area (Å²) >= 11 is 0. The fourth-order valence-corrected chi connectivity index (χ4v) is 7.44. The molecule has 1 fully saturated rings. The Bertz CT molecular complexity index is 923. The normalized spacial score (nSPS) is 22.3. The third kappa shape index (κ3) is 25.4. The van der Waals surface area contributed by atoms with Crippen molar-refractivity contribution in [3.05, 3.63) is 12.2 Å². The van der Waals surface area contributed by atoms with Gasteiger partial charge in [0.25, 0.3) is 0 Å². The number of aliphatic hydroxyl groups is 7. The Morgan fingerprint density at radius 3 is 1.54 bits per heavy atom. The topological polar surface area (TPSA) is 189 Å². The first kappa shape index (κ1) is 52.9. The number of nitrogens with one attached hydrogen (secondary N) is 1. The predicted molar refractivity (Wildman–Crippen MR) is 224 cm³/mol. The van der Waals surface area contributed by atoms with Gasteiger partial charge in [0.05, 0.1) is 25.4 Å². The summed E-state index contributed by atoms with van der Waals surface area (Å²) in [5, 5.41) is 75.5. The number of amides is 1. The Morgan fingerprint density at radius 2 is 1.05 bits per heavy atom. The van der Waals surface area contributed by atoms with Gasteiger partial charge in [0, 0.05) is 0 Å².